The Labute approximate surface area is 241 Å². The molecular formula is C32H39N3O6. The van der Waals surface area contributed by atoms with Gasteiger partial charge < -0.3 is 30.5 Å². The van der Waals surface area contributed by atoms with Crippen LogP contribution < -0.4 is 10.6 Å². The number of para-hydroxylation sites is 2. The first kappa shape index (κ1) is 31.2. The smallest absolute Gasteiger partial charge is 0.408 e. The van der Waals surface area contributed by atoms with Crippen molar-refractivity contribution in [2.24, 2.45) is 0 Å². The molecule has 0 saturated carbocycles. The molecule has 218 valence electrons. The van der Waals surface area contributed by atoms with Crippen LogP contribution in [0.4, 0.5) is 10.5 Å². The molecule has 0 radical (unpaired) electrons. The Balaban J connectivity index is 2.07. The van der Waals surface area contributed by atoms with E-state index in [-0.39, 0.29) is 24.3 Å². The zero-order valence-electron chi connectivity index (χ0n) is 24.2. The van der Waals surface area contributed by atoms with Crippen molar-refractivity contribution in [3.63, 3.8) is 0 Å². The van der Waals surface area contributed by atoms with Gasteiger partial charge in [-0.3, -0.25) is 9.59 Å². The van der Waals surface area contributed by atoms with E-state index in [4.69, 9.17) is 4.74 Å². The van der Waals surface area contributed by atoms with Gasteiger partial charge in [0, 0.05) is 24.2 Å². The molecule has 0 saturated heterocycles. The third-order valence-electron chi connectivity index (χ3n) is 6.42. The molecule has 9 heteroatoms. The highest BCUT2D eigenvalue weighted by atomic mass is 16.6. The van der Waals surface area contributed by atoms with Gasteiger partial charge in [-0.05, 0) is 57.4 Å². The van der Waals surface area contributed by atoms with Crippen LogP contribution in [-0.4, -0.2) is 57.8 Å². The average molecular weight is 562 g/mol. The summed E-state index contributed by atoms with van der Waals surface area (Å²) >= 11 is 0. The Hall–Kier alpha value is -4.37. The number of aromatic hydroxyl groups is 1. The second kappa shape index (κ2) is 13.8. The van der Waals surface area contributed by atoms with Crippen molar-refractivity contribution < 1.29 is 29.3 Å². The SMILES string of the molecule is Cc1cccc(C)c1NC(=O)C(c1ccccc1O)N(CCO)C(=O)C(Cc1ccccc1)NC(=O)OC(C)(C)C. The van der Waals surface area contributed by atoms with Gasteiger partial charge in [0.25, 0.3) is 5.91 Å². The van der Waals surface area contributed by atoms with E-state index in [9.17, 15) is 24.6 Å². The van der Waals surface area contributed by atoms with Crippen molar-refractivity contribution >= 4 is 23.6 Å². The number of hydrogen-bond acceptors (Lipinski definition) is 6. The first-order chi connectivity index (χ1) is 19.4. The molecule has 0 aliphatic carbocycles. The number of aliphatic hydroxyl groups is 1. The minimum atomic E-state index is -1.33. The average Bonchev–Trinajstić information content (AvgIpc) is 2.90. The lowest BCUT2D eigenvalue weighted by molar-refractivity contribution is -0.141. The number of anilines is 1. The van der Waals surface area contributed by atoms with E-state index < -0.39 is 42.2 Å². The van der Waals surface area contributed by atoms with E-state index >= 15 is 0 Å². The van der Waals surface area contributed by atoms with Gasteiger partial charge >= 0.3 is 6.09 Å². The van der Waals surface area contributed by atoms with E-state index in [1.807, 2.05) is 62.4 Å². The summed E-state index contributed by atoms with van der Waals surface area (Å²) in [5.74, 6) is -1.40. The predicted molar refractivity (Wildman–Crippen MR) is 157 cm³/mol. The highest BCUT2D eigenvalue weighted by Crippen LogP contribution is 2.32. The van der Waals surface area contributed by atoms with Gasteiger partial charge in [0.05, 0.1) is 6.61 Å². The molecule has 3 amide bonds. The van der Waals surface area contributed by atoms with Crippen LogP contribution in [0.25, 0.3) is 0 Å². The molecule has 2 unspecified atom stereocenters. The van der Waals surface area contributed by atoms with Crippen LogP contribution in [0.3, 0.4) is 0 Å². The summed E-state index contributed by atoms with van der Waals surface area (Å²) in [5.41, 5.74) is 2.37. The molecule has 3 rings (SSSR count). The van der Waals surface area contributed by atoms with Gasteiger partial charge in [0.2, 0.25) is 5.91 Å². The van der Waals surface area contributed by atoms with Crippen molar-refractivity contribution in [3.8, 4) is 5.75 Å². The lowest BCUT2D eigenvalue weighted by Crippen LogP contribution is -2.54. The Kier molecular flexibility index (Phi) is 10.5. The molecule has 3 aromatic carbocycles. The van der Waals surface area contributed by atoms with Crippen LogP contribution in [0.2, 0.25) is 0 Å². The first-order valence-corrected chi connectivity index (χ1v) is 13.5. The minimum absolute atomic E-state index is 0.104. The number of benzene rings is 3. The number of ether oxygens (including phenoxy) is 1. The fourth-order valence-corrected chi connectivity index (χ4v) is 4.55. The van der Waals surface area contributed by atoms with Crippen molar-refractivity contribution in [2.75, 3.05) is 18.5 Å². The second-order valence-electron chi connectivity index (χ2n) is 10.9. The van der Waals surface area contributed by atoms with Crippen LogP contribution in [0.15, 0.2) is 72.8 Å². The fraction of sp³-hybridized carbons (Fsp3) is 0.344. The molecule has 41 heavy (non-hydrogen) atoms. The molecule has 0 spiro atoms. The number of aliphatic hydroxyl groups excluding tert-OH is 1. The first-order valence-electron chi connectivity index (χ1n) is 13.5. The maximum Gasteiger partial charge on any atom is 0.408 e. The Morgan fingerprint density at radius 3 is 2.10 bits per heavy atom. The molecule has 9 nitrogen and oxygen atoms in total. The van der Waals surface area contributed by atoms with Crippen LogP contribution in [0.1, 0.15) is 49.1 Å². The number of hydrogen-bond donors (Lipinski definition) is 4. The second-order valence-corrected chi connectivity index (χ2v) is 10.9. The molecule has 0 fully saturated rings. The molecule has 4 N–H and O–H groups in total. The van der Waals surface area contributed by atoms with E-state index in [0.29, 0.717) is 5.69 Å². The van der Waals surface area contributed by atoms with Crippen molar-refractivity contribution in [1.29, 1.82) is 0 Å². The van der Waals surface area contributed by atoms with Crippen molar-refractivity contribution in [2.45, 2.75) is 58.7 Å². The largest absolute Gasteiger partial charge is 0.508 e. The monoisotopic (exact) mass is 561 g/mol. The summed E-state index contributed by atoms with van der Waals surface area (Å²) in [5, 5.41) is 26.4. The molecule has 0 aliphatic heterocycles. The van der Waals surface area contributed by atoms with Crippen molar-refractivity contribution in [1.82, 2.24) is 10.2 Å². The quantitative estimate of drug-likeness (QED) is 0.285. The Bertz CT molecular complexity index is 1330. The predicted octanol–water partition coefficient (Wildman–Crippen LogP) is 4.65. The maximum atomic E-state index is 14.2. The van der Waals surface area contributed by atoms with Crippen LogP contribution >= 0.6 is 0 Å². The Morgan fingerprint density at radius 2 is 1.51 bits per heavy atom. The third-order valence-corrected chi connectivity index (χ3v) is 6.42. The van der Waals surface area contributed by atoms with Crippen molar-refractivity contribution in [3.05, 3.63) is 95.1 Å². The number of amides is 3. The third kappa shape index (κ3) is 8.56. The lowest BCUT2D eigenvalue weighted by atomic mass is 9.99. The van der Waals surface area contributed by atoms with Gasteiger partial charge in [-0.2, -0.15) is 0 Å². The molecule has 0 heterocycles. The number of phenols is 1. The van der Waals surface area contributed by atoms with Gasteiger partial charge in [-0.25, -0.2) is 4.79 Å². The lowest BCUT2D eigenvalue weighted by Gasteiger charge is -2.34. The van der Waals surface area contributed by atoms with Crippen LogP contribution in [0.5, 0.6) is 5.75 Å². The van der Waals surface area contributed by atoms with Gasteiger partial charge in [0.15, 0.2) is 0 Å². The van der Waals surface area contributed by atoms with Gasteiger partial charge in [0.1, 0.15) is 23.4 Å². The number of alkyl carbamates (subject to hydrolysis) is 1. The molecule has 0 aromatic heterocycles. The summed E-state index contributed by atoms with van der Waals surface area (Å²) in [6, 6.07) is 18.5. The molecule has 3 aromatic rings. The van der Waals surface area contributed by atoms with Crippen LogP contribution in [-0.2, 0) is 20.7 Å². The number of carbonyl (C=O) groups is 3. The highest BCUT2D eigenvalue weighted by Gasteiger charge is 2.37. The van der Waals surface area contributed by atoms with E-state index in [1.54, 1.807) is 39.0 Å². The molecule has 2 atom stereocenters. The number of rotatable bonds is 10. The highest BCUT2D eigenvalue weighted by molar-refractivity contribution is 6.00. The zero-order valence-corrected chi connectivity index (χ0v) is 24.2. The molecular weight excluding hydrogens is 522 g/mol. The number of aryl methyl sites for hydroxylation is 2. The topological polar surface area (TPSA) is 128 Å². The van der Waals surface area contributed by atoms with Gasteiger partial charge in [-0.1, -0.05) is 66.7 Å². The summed E-state index contributed by atoms with van der Waals surface area (Å²) in [6.07, 6.45) is -0.692. The van der Waals surface area contributed by atoms with E-state index in [2.05, 4.69) is 10.6 Å². The molecule has 0 bridgehead atoms. The summed E-state index contributed by atoms with van der Waals surface area (Å²) in [7, 11) is 0. The number of nitrogens with one attached hydrogen (secondary N) is 2. The van der Waals surface area contributed by atoms with Crippen LogP contribution in [0, 0.1) is 13.8 Å². The van der Waals surface area contributed by atoms with E-state index in [1.165, 1.54) is 11.0 Å². The Morgan fingerprint density at radius 1 is 0.902 bits per heavy atom. The summed E-state index contributed by atoms with van der Waals surface area (Å²) in [6.45, 7) is 8.15. The minimum Gasteiger partial charge on any atom is -0.508 e. The van der Waals surface area contributed by atoms with Gasteiger partial charge in [-0.15, -0.1) is 0 Å². The number of carbonyl (C=O) groups excluding carboxylic acids is 3. The molecule has 0 aliphatic rings. The summed E-state index contributed by atoms with van der Waals surface area (Å²) < 4.78 is 5.42. The summed E-state index contributed by atoms with van der Waals surface area (Å²) in [4.78, 5) is 42.2. The zero-order chi connectivity index (χ0) is 30.2. The number of nitrogens with zero attached hydrogens (tertiary/aromatic N) is 1. The number of phenolic OH excluding ortho intramolecular Hbond substituents is 1. The standard InChI is InChI=1S/C32H39N3O6/c1-21-12-11-13-22(2)27(21)34-29(38)28(24-16-9-10-17-26(24)37)35(18-19-36)30(39)25(20-23-14-7-6-8-15-23)33-31(40)41-32(3,4)5/h6-17,25,28,36-37H,18-20H2,1-5H3,(H,33,40)(H,34,38). The normalized spacial score (nSPS) is 12.6. The maximum absolute atomic E-state index is 14.2. The van der Waals surface area contributed by atoms with E-state index in [0.717, 1.165) is 16.7 Å². The fourth-order valence-electron chi connectivity index (χ4n) is 4.55.